The molecule has 4 aromatic rings. The number of fused-ring (bicyclic) bond motifs is 1. The highest BCUT2D eigenvalue weighted by molar-refractivity contribution is 5.80. The fourth-order valence-electron chi connectivity index (χ4n) is 2.51. The molecule has 0 amide bonds. The Balaban J connectivity index is 1.85. The van der Waals surface area contributed by atoms with Crippen LogP contribution < -0.4 is 10.5 Å². The van der Waals surface area contributed by atoms with E-state index < -0.39 is 0 Å². The Hall–Kier alpha value is -3.35. The van der Waals surface area contributed by atoms with Crippen molar-refractivity contribution >= 4 is 16.9 Å². The molecule has 23 heavy (non-hydrogen) atoms. The average Bonchev–Trinajstić information content (AvgIpc) is 3.17. The molecule has 0 saturated heterocycles. The molecule has 0 unspecified atom stereocenters. The van der Waals surface area contributed by atoms with Gasteiger partial charge in [-0.3, -0.25) is 0 Å². The van der Waals surface area contributed by atoms with E-state index in [9.17, 15) is 0 Å². The Morgan fingerprint density at radius 2 is 1.87 bits per heavy atom. The van der Waals surface area contributed by atoms with Gasteiger partial charge in [-0.25, -0.2) is 4.98 Å². The number of imidazole rings is 1. The number of anilines is 1. The van der Waals surface area contributed by atoms with Crippen LogP contribution >= 0.6 is 0 Å². The third-order valence-electron chi connectivity index (χ3n) is 3.63. The zero-order valence-corrected chi connectivity index (χ0v) is 12.4. The molecule has 0 saturated carbocycles. The summed E-state index contributed by atoms with van der Waals surface area (Å²) in [6.07, 6.45) is 0. The summed E-state index contributed by atoms with van der Waals surface area (Å²) >= 11 is 0. The number of hydrogen-bond donors (Lipinski definition) is 2. The van der Waals surface area contributed by atoms with Crippen LogP contribution in [0, 0.1) is 0 Å². The number of aromatic nitrogens is 5. The van der Waals surface area contributed by atoms with Crippen molar-refractivity contribution in [3.63, 3.8) is 0 Å². The molecule has 0 aliphatic heterocycles. The van der Waals surface area contributed by atoms with Gasteiger partial charge in [0.05, 0.1) is 18.1 Å². The van der Waals surface area contributed by atoms with Crippen molar-refractivity contribution in [2.24, 2.45) is 0 Å². The largest absolute Gasteiger partial charge is 0.494 e. The Kier molecular flexibility index (Phi) is 2.97. The van der Waals surface area contributed by atoms with Crippen LogP contribution in [0.25, 0.3) is 28.2 Å². The van der Waals surface area contributed by atoms with Crippen LogP contribution in [0.3, 0.4) is 0 Å². The van der Waals surface area contributed by atoms with Crippen molar-refractivity contribution < 1.29 is 4.74 Å². The molecule has 0 fully saturated rings. The molecule has 0 spiro atoms. The van der Waals surface area contributed by atoms with Crippen molar-refractivity contribution in [3.05, 3.63) is 48.5 Å². The first-order valence-electron chi connectivity index (χ1n) is 7.07. The lowest BCUT2D eigenvalue weighted by Crippen LogP contribution is -2.04. The van der Waals surface area contributed by atoms with Gasteiger partial charge in [0.1, 0.15) is 11.4 Å². The Morgan fingerprint density at radius 1 is 1.09 bits per heavy atom. The lowest BCUT2D eigenvalue weighted by atomic mass is 10.3. The topological polar surface area (TPSA) is 94.6 Å². The van der Waals surface area contributed by atoms with Gasteiger partial charge in [-0.15, -0.1) is 5.10 Å². The summed E-state index contributed by atoms with van der Waals surface area (Å²) in [6, 6.07) is 15.2. The van der Waals surface area contributed by atoms with Crippen molar-refractivity contribution in [1.29, 1.82) is 0 Å². The number of ether oxygens (including phenoxy) is 1. The van der Waals surface area contributed by atoms with Gasteiger partial charge in [-0.05, 0) is 24.3 Å². The number of H-pyrrole nitrogens is 1. The molecule has 7 nitrogen and oxygen atoms in total. The SMILES string of the molecule is COc1ccccc1-n1nnc(-c2nc3ccccc3[nH]2)c1N. The van der Waals surface area contributed by atoms with Crippen LogP contribution in [0.2, 0.25) is 0 Å². The van der Waals surface area contributed by atoms with E-state index in [-0.39, 0.29) is 0 Å². The maximum Gasteiger partial charge on any atom is 0.172 e. The number of nitrogens with one attached hydrogen (secondary N) is 1. The standard InChI is InChI=1S/C16H14N6O/c1-23-13-9-5-4-8-12(13)22-15(17)14(20-21-22)16-18-10-6-2-3-7-11(10)19-16/h2-9H,17H2,1H3,(H,18,19). The van der Waals surface area contributed by atoms with Gasteiger partial charge >= 0.3 is 0 Å². The molecule has 0 aliphatic carbocycles. The first kappa shape index (κ1) is 13.3. The van der Waals surface area contributed by atoms with E-state index in [2.05, 4.69) is 20.3 Å². The Labute approximate surface area is 131 Å². The molecule has 0 radical (unpaired) electrons. The number of aromatic amines is 1. The number of rotatable bonds is 3. The van der Waals surface area contributed by atoms with E-state index >= 15 is 0 Å². The summed E-state index contributed by atoms with van der Waals surface area (Å²) in [6.45, 7) is 0. The van der Waals surface area contributed by atoms with Crippen LogP contribution in [-0.2, 0) is 0 Å². The molecule has 2 aromatic carbocycles. The van der Waals surface area contributed by atoms with E-state index in [0.717, 1.165) is 16.7 Å². The van der Waals surface area contributed by atoms with Gasteiger partial charge in [0.25, 0.3) is 0 Å². The number of nitrogens with two attached hydrogens (primary N) is 1. The van der Waals surface area contributed by atoms with Gasteiger partial charge in [0.15, 0.2) is 17.3 Å². The van der Waals surface area contributed by atoms with Gasteiger partial charge in [-0.2, -0.15) is 4.68 Å². The second kappa shape index (κ2) is 5.13. The third-order valence-corrected chi connectivity index (χ3v) is 3.63. The quantitative estimate of drug-likeness (QED) is 0.606. The van der Waals surface area contributed by atoms with E-state index in [1.54, 1.807) is 11.8 Å². The van der Waals surface area contributed by atoms with Crippen molar-refractivity contribution in [1.82, 2.24) is 25.0 Å². The lowest BCUT2D eigenvalue weighted by Gasteiger charge is -2.08. The summed E-state index contributed by atoms with van der Waals surface area (Å²) in [5.74, 6) is 1.65. The maximum absolute atomic E-state index is 6.24. The van der Waals surface area contributed by atoms with Gasteiger partial charge in [0, 0.05) is 0 Å². The van der Waals surface area contributed by atoms with E-state index in [0.29, 0.717) is 23.1 Å². The summed E-state index contributed by atoms with van der Waals surface area (Å²) < 4.78 is 6.89. The Bertz CT molecular complexity index is 954. The minimum absolute atomic E-state index is 0.397. The fourth-order valence-corrected chi connectivity index (χ4v) is 2.51. The van der Waals surface area contributed by atoms with Gasteiger partial charge in [-0.1, -0.05) is 29.5 Å². The summed E-state index contributed by atoms with van der Waals surface area (Å²) in [5.41, 5.74) is 9.25. The molecule has 2 aromatic heterocycles. The number of methoxy groups -OCH3 is 1. The Morgan fingerprint density at radius 3 is 2.70 bits per heavy atom. The van der Waals surface area contributed by atoms with Gasteiger partial charge < -0.3 is 15.5 Å². The molecule has 2 heterocycles. The number of para-hydroxylation sites is 4. The molecular weight excluding hydrogens is 292 g/mol. The average molecular weight is 306 g/mol. The zero-order valence-electron chi connectivity index (χ0n) is 12.4. The normalized spacial score (nSPS) is 11.0. The lowest BCUT2D eigenvalue weighted by molar-refractivity contribution is 0.411. The van der Waals surface area contributed by atoms with E-state index in [4.69, 9.17) is 10.5 Å². The monoisotopic (exact) mass is 306 g/mol. The van der Waals surface area contributed by atoms with Crippen LogP contribution in [0.15, 0.2) is 48.5 Å². The number of benzene rings is 2. The second-order valence-electron chi connectivity index (χ2n) is 5.01. The highest BCUT2D eigenvalue weighted by Gasteiger charge is 2.18. The molecule has 4 rings (SSSR count). The molecule has 0 aliphatic rings. The molecule has 0 atom stereocenters. The summed E-state index contributed by atoms with van der Waals surface area (Å²) in [4.78, 5) is 7.72. The maximum atomic E-state index is 6.24. The summed E-state index contributed by atoms with van der Waals surface area (Å²) in [7, 11) is 1.60. The van der Waals surface area contributed by atoms with Gasteiger partial charge in [0.2, 0.25) is 0 Å². The second-order valence-corrected chi connectivity index (χ2v) is 5.01. The van der Waals surface area contributed by atoms with Crippen LogP contribution in [0.4, 0.5) is 5.82 Å². The predicted octanol–water partition coefficient (Wildman–Crippen LogP) is 2.40. The molecule has 0 bridgehead atoms. The van der Waals surface area contributed by atoms with Crippen LogP contribution in [0.5, 0.6) is 5.75 Å². The predicted molar refractivity (Wildman–Crippen MR) is 87.4 cm³/mol. The third kappa shape index (κ3) is 2.10. The molecule has 7 heteroatoms. The molecular formula is C16H14N6O. The number of nitrogen functional groups attached to an aromatic ring is 1. The van der Waals surface area contributed by atoms with Crippen molar-refractivity contribution in [2.75, 3.05) is 12.8 Å². The van der Waals surface area contributed by atoms with E-state index in [1.165, 1.54) is 0 Å². The highest BCUT2D eigenvalue weighted by Crippen LogP contribution is 2.28. The van der Waals surface area contributed by atoms with Crippen molar-refractivity contribution in [3.8, 4) is 23.0 Å². The number of nitrogens with zero attached hydrogens (tertiary/aromatic N) is 4. The van der Waals surface area contributed by atoms with Crippen molar-refractivity contribution in [2.45, 2.75) is 0 Å². The minimum atomic E-state index is 0.397. The molecule has 3 N–H and O–H groups in total. The fraction of sp³-hybridized carbons (Fsp3) is 0.0625. The van der Waals surface area contributed by atoms with Crippen LogP contribution in [-0.4, -0.2) is 32.1 Å². The highest BCUT2D eigenvalue weighted by atomic mass is 16.5. The van der Waals surface area contributed by atoms with E-state index in [1.807, 2.05) is 48.5 Å². The summed E-state index contributed by atoms with van der Waals surface area (Å²) in [5, 5.41) is 8.31. The minimum Gasteiger partial charge on any atom is -0.494 e. The first-order chi connectivity index (χ1) is 11.3. The zero-order chi connectivity index (χ0) is 15.8. The molecule has 114 valence electrons. The smallest absolute Gasteiger partial charge is 0.172 e. The first-order valence-corrected chi connectivity index (χ1v) is 7.07. The number of hydrogen-bond acceptors (Lipinski definition) is 5. The van der Waals surface area contributed by atoms with Crippen LogP contribution in [0.1, 0.15) is 0 Å².